The third kappa shape index (κ3) is 2.04. The smallest absolute Gasteiger partial charge is 0.358 e. The van der Waals surface area contributed by atoms with Crippen molar-refractivity contribution in [3.8, 4) is 0 Å². The second-order valence-corrected chi connectivity index (χ2v) is 3.12. The van der Waals surface area contributed by atoms with Crippen molar-refractivity contribution in [2.45, 2.75) is 13.5 Å². The van der Waals surface area contributed by atoms with Crippen LogP contribution >= 0.6 is 0 Å². The summed E-state index contributed by atoms with van der Waals surface area (Å²) in [4.78, 5) is 10.5. The van der Waals surface area contributed by atoms with Gasteiger partial charge >= 0.3 is 5.97 Å². The molecule has 6 heteroatoms. The maximum absolute atomic E-state index is 10.5. The van der Waals surface area contributed by atoms with E-state index in [-0.39, 0.29) is 5.69 Å². The highest BCUT2D eigenvalue weighted by atomic mass is 16.4. The molecule has 2 aromatic rings. The molecular weight excluding hydrogens is 198 g/mol. The lowest BCUT2D eigenvalue weighted by molar-refractivity contribution is 0.0690. The van der Waals surface area contributed by atoms with E-state index >= 15 is 0 Å². The van der Waals surface area contributed by atoms with Crippen LogP contribution in [0.1, 0.15) is 22.0 Å². The molecular formula is C9H9N3O3. The number of hydrogen-bond donors (Lipinski definition) is 1. The molecule has 0 saturated heterocycles. The molecule has 0 bridgehead atoms. The molecule has 15 heavy (non-hydrogen) atoms. The van der Waals surface area contributed by atoms with Gasteiger partial charge in [0, 0.05) is 0 Å². The van der Waals surface area contributed by atoms with Crippen LogP contribution in [0.15, 0.2) is 22.7 Å². The Balaban J connectivity index is 2.14. The fourth-order valence-corrected chi connectivity index (χ4v) is 1.20. The second-order valence-electron chi connectivity index (χ2n) is 3.12. The zero-order valence-corrected chi connectivity index (χ0v) is 8.04. The number of rotatable bonds is 3. The molecule has 0 aliphatic carbocycles. The first-order valence-corrected chi connectivity index (χ1v) is 4.34. The summed E-state index contributed by atoms with van der Waals surface area (Å²) in [6.07, 6.45) is 1.36. The van der Waals surface area contributed by atoms with E-state index < -0.39 is 5.97 Å². The summed E-state index contributed by atoms with van der Waals surface area (Å²) < 4.78 is 6.74. The highest BCUT2D eigenvalue weighted by Gasteiger charge is 2.09. The first-order chi connectivity index (χ1) is 7.15. The van der Waals surface area contributed by atoms with Crippen molar-refractivity contribution in [1.82, 2.24) is 15.0 Å². The fourth-order valence-electron chi connectivity index (χ4n) is 1.20. The molecule has 0 aliphatic heterocycles. The van der Waals surface area contributed by atoms with Crippen LogP contribution in [0.2, 0.25) is 0 Å². The molecule has 0 atom stereocenters. The van der Waals surface area contributed by atoms with Crippen LogP contribution in [0.3, 0.4) is 0 Å². The van der Waals surface area contributed by atoms with Crippen LogP contribution in [0.25, 0.3) is 0 Å². The molecule has 2 heterocycles. The number of aryl methyl sites for hydroxylation is 1. The Labute approximate surface area is 85.1 Å². The highest BCUT2D eigenvalue weighted by molar-refractivity contribution is 5.84. The Morgan fingerprint density at radius 1 is 1.60 bits per heavy atom. The minimum atomic E-state index is -1.09. The Hall–Kier alpha value is -2.11. The van der Waals surface area contributed by atoms with Crippen molar-refractivity contribution in [2.75, 3.05) is 0 Å². The number of carboxylic acids is 1. The van der Waals surface area contributed by atoms with Crippen LogP contribution < -0.4 is 0 Å². The Kier molecular flexibility index (Phi) is 2.24. The monoisotopic (exact) mass is 207 g/mol. The van der Waals surface area contributed by atoms with E-state index in [1.165, 1.54) is 10.9 Å². The maximum atomic E-state index is 10.5. The van der Waals surface area contributed by atoms with Crippen molar-refractivity contribution in [1.29, 1.82) is 0 Å². The number of carboxylic acid groups (broad SMARTS) is 1. The van der Waals surface area contributed by atoms with Gasteiger partial charge in [0.2, 0.25) is 0 Å². The van der Waals surface area contributed by atoms with Crippen LogP contribution in [0.5, 0.6) is 0 Å². The van der Waals surface area contributed by atoms with Crippen LogP contribution in [-0.2, 0) is 6.54 Å². The van der Waals surface area contributed by atoms with Gasteiger partial charge in [-0.15, -0.1) is 5.10 Å². The predicted octanol–water partition coefficient (Wildman–Crippen LogP) is 0.926. The molecule has 0 spiro atoms. The van der Waals surface area contributed by atoms with Crippen molar-refractivity contribution >= 4 is 5.97 Å². The number of carbonyl (C=O) groups is 1. The van der Waals surface area contributed by atoms with Crippen LogP contribution in [-0.4, -0.2) is 26.1 Å². The van der Waals surface area contributed by atoms with Crippen molar-refractivity contribution in [3.63, 3.8) is 0 Å². The zero-order chi connectivity index (χ0) is 10.8. The van der Waals surface area contributed by atoms with Gasteiger partial charge < -0.3 is 9.52 Å². The van der Waals surface area contributed by atoms with Gasteiger partial charge in [0.15, 0.2) is 5.69 Å². The van der Waals surface area contributed by atoms with Gasteiger partial charge in [-0.3, -0.25) is 0 Å². The third-order valence-electron chi connectivity index (χ3n) is 1.87. The van der Waals surface area contributed by atoms with E-state index in [1.807, 2.05) is 19.1 Å². The first-order valence-electron chi connectivity index (χ1n) is 4.34. The van der Waals surface area contributed by atoms with E-state index in [9.17, 15) is 4.79 Å². The topological polar surface area (TPSA) is 81.2 Å². The van der Waals surface area contributed by atoms with Gasteiger partial charge in [-0.2, -0.15) is 0 Å². The lowest BCUT2D eigenvalue weighted by Crippen LogP contribution is -1.99. The summed E-state index contributed by atoms with van der Waals surface area (Å²) in [6.45, 7) is 2.22. The molecule has 2 aromatic heterocycles. The Bertz CT molecular complexity index is 486. The first kappa shape index (κ1) is 9.45. The minimum absolute atomic E-state index is 0.0710. The molecule has 0 fully saturated rings. The normalized spacial score (nSPS) is 10.5. The van der Waals surface area contributed by atoms with E-state index in [4.69, 9.17) is 9.52 Å². The van der Waals surface area contributed by atoms with Crippen molar-refractivity contribution in [2.24, 2.45) is 0 Å². The van der Waals surface area contributed by atoms with Crippen LogP contribution in [0, 0.1) is 6.92 Å². The standard InChI is InChI=1S/C9H9N3O3/c1-6-2-3-7(15-6)4-12-5-8(9(13)14)10-11-12/h2-3,5H,4H2,1H3,(H,13,14). The number of nitrogens with zero attached hydrogens (tertiary/aromatic N) is 3. The number of hydrogen-bond acceptors (Lipinski definition) is 4. The molecule has 0 aromatic carbocycles. The summed E-state index contributed by atoms with van der Waals surface area (Å²) in [6, 6.07) is 3.65. The van der Waals surface area contributed by atoms with Gasteiger partial charge in [0.05, 0.1) is 6.20 Å². The summed E-state index contributed by atoms with van der Waals surface area (Å²) in [7, 11) is 0. The van der Waals surface area contributed by atoms with Gasteiger partial charge in [-0.1, -0.05) is 5.21 Å². The highest BCUT2D eigenvalue weighted by Crippen LogP contribution is 2.07. The minimum Gasteiger partial charge on any atom is -0.476 e. The number of aromatic carboxylic acids is 1. The Morgan fingerprint density at radius 2 is 2.40 bits per heavy atom. The third-order valence-corrected chi connectivity index (χ3v) is 1.87. The Morgan fingerprint density at radius 3 is 2.93 bits per heavy atom. The van der Waals surface area contributed by atoms with Crippen molar-refractivity contribution in [3.05, 3.63) is 35.5 Å². The molecule has 0 aliphatic rings. The summed E-state index contributed by atoms with van der Waals surface area (Å²) in [5, 5.41) is 15.8. The van der Waals surface area contributed by atoms with Gasteiger partial charge in [0.25, 0.3) is 0 Å². The lowest BCUT2D eigenvalue weighted by atomic mass is 10.4. The van der Waals surface area contributed by atoms with E-state index in [1.54, 1.807) is 0 Å². The molecule has 0 radical (unpaired) electrons. The molecule has 78 valence electrons. The number of furan rings is 1. The summed E-state index contributed by atoms with van der Waals surface area (Å²) in [5.74, 6) is 0.440. The van der Waals surface area contributed by atoms with Gasteiger partial charge in [-0.25, -0.2) is 9.48 Å². The molecule has 1 N–H and O–H groups in total. The second kappa shape index (κ2) is 3.56. The maximum Gasteiger partial charge on any atom is 0.358 e. The summed E-state index contributed by atoms with van der Waals surface area (Å²) >= 11 is 0. The SMILES string of the molecule is Cc1ccc(Cn2cc(C(=O)O)nn2)o1. The zero-order valence-electron chi connectivity index (χ0n) is 8.04. The molecule has 0 saturated carbocycles. The number of aromatic nitrogens is 3. The average Bonchev–Trinajstić information content (AvgIpc) is 2.76. The molecule has 0 amide bonds. The lowest BCUT2D eigenvalue weighted by Gasteiger charge is -1.94. The van der Waals surface area contributed by atoms with Crippen LogP contribution in [0.4, 0.5) is 0 Å². The van der Waals surface area contributed by atoms with Gasteiger partial charge in [-0.05, 0) is 19.1 Å². The fraction of sp³-hybridized carbons (Fsp3) is 0.222. The molecule has 2 rings (SSSR count). The van der Waals surface area contributed by atoms with Crippen molar-refractivity contribution < 1.29 is 14.3 Å². The largest absolute Gasteiger partial charge is 0.476 e. The van der Waals surface area contributed by atoms with E-state index in [2.05, 4.69) is 10.3 Å². The van der Waals surface area contributed by atoms with Gasteiger partial charge in [0.1, 0.15) is 18.1 Å². The molecule has 0 unspecified atom stereocenters. The predicted molar refractivity (Wildman–Crippen MR) is 49.5 cm³/mol. The molecule has 6 nitrogen and oxygen atoms in total. The average molecular weight is 207 g/mol. The summed E-state index contributed by atoms with van der Waals surface area (Å²) in [5.41, 5.74) is -0.0710. The van der Waals surface area contributed by atoms with E-state index in [0.717, 1.165) is 5.76 Å². The quantitative estimate of drug-likeness (QED) is 0.809. The van der Waals surface area contributed by atoms with E-state index in [0.29, 0.717) is 12.3 Å².